The summed E-state index contributed by atoms with van der Waals surface area (Å²) in [7, 11) is 1.67. The van der Waals surface area contributed by atoms with Gasteiger partial charge >= 0.3 is 0 Å². The lowest BCUT2D eigenvalue weighted by atomic mass is 10.1. The molecule has 2 rings (SSSR count). The van der Waals surface area contributed by atoms with E-state index >= 15 is 0 Å². The normalized spacial score (nSPS) is 11.5. The van der Waals surface area contributed by atoms with Crippen LogP contribution in [0.3, 0.4) is 0 Å². The molecule has 2 N–H and O–H groups in total. The van der Waals surface area contributed by atoms with Gasteiger partial charge in [0.1, 0.15) is 11.6 Å². The molecule has 2 aromatic rings. The van der Waals surface area contributed by atoms with Crippen molar-refractivity contribution in [2.45, 2.75) is 13.0 Å². The average Bonchev–Trinajstić information content (AvgIpc) is 3.02. The molecule has 0 fully saturated rings. The van der Waals surface area contributed by atoms with Crippen LogP contribution in [0.4, 0.5) is 8.78 Å². The van der Waals surface area contributed by atoms with Gasteiger partial charge in [-0.2, -0.15) is 0 Å². The highest BCUT2D eigenvalue weighted by Crippen LogP contribution is 2.09. The number of benzene rings is 1. The third kappa shape index (κ3) is 4.87. The molecule has 0 aliphatic carbocycles. The highest BCUT2D eigenvalue weighted by molar-refractivity contribution is 5.79. The van der Waals surface area contributed by atoms with Crippen molar-refractivity contribution in [1.29, 1.82) is 0 Å². The Bertz CT molecular complexity index is 609. The summed E-state index contributed by atoms with van der Waals surface area (Å²) in [5, 5.41) is 6.26. The molecule has 0 atom stereocenters. The smallest absolute Gasteiger partial charge is 0.191 e. The first-order chi connectivity index (χ1) is 10.7. The van der Waals surface area contributed by atoms with Crippen molar-refractivity contribution in [2.24, 2.45) is 4.99 Å². The standard InChI is InChI=1S/C16H20F2N4/c1-19-16(21-8-11-22-9-2-3-10-22)20-7-6-13-12-14(17)4-5-15(13)18/h2-5,9-10,12H,6-8,11H2,1H3,(H2,19,20,21). The fourth-order valence-electron chi connectivity index (χ4n) is 2.09. The second kappa shape index (κ2) is 8.17. The second-order valence-electron chi connectivity index (χ2n) is 4.83. The maximum Gasteiger partial charge on any atom is 0.191 e. The summed E-state index contributed by atoms with van der Waals surface area (Å²) in [6.07, 6.45) is 4.37. The zero-order chi connectivity index (χ0) is 15.8. The predicted octanol–water partition coefficient (Wildman–Crippen LogP) is 2.17. The molecule has 22 heavy (non-hydrogen) atoms. The quantitative estimate of drug-likeness (QED) is 0.634. The summed E-state index contributed by atoms with van der Waals surface area (Å²) in [5.74, 6) is -0.173. The number of nitrogens with one attached hydrogen (secondary N) is 2. The van der Waals surface area contributed by atoms with Crippen LogP contribution in [0.5, 0.6) is 0 Å². The number of halogens is 2. The van der Waals surface area contributed by atoms with E-state index in [-0.39, 0.29) is 0 Å². The molecule has 0 saturated carbocycles. The molecular formula is C16H20F2N4. The molecule has 0 amide bonds. The van der Waals surface area contributed by atoms with Gasteiger partial charge in [-0.25, -0.2) is 8.78 Å². The summed E-state index contributed by atoms with van der Waals surface area (Å²) < 4.78 is 28.6. The number of nitrogens with zero attached hydrogens (tertiary/aromatic N) is 2. The third-order valence-corrected chi connectivity index (χ3v) is 3.25. The number of hydrogen-bond acceptors (Lipinski definition) is 1. The van der Waals surface area contributed by atoms with E-state index in [1.807, 2.05) is 24.5 Å². The van der Waals surface area contributed by atoms with E-state index in [1.165, 1.54) is 6.07 Å². The molecular weight excluding hydrogens is 286 g/mol. The summed E-state index contributed by atoms with van der Waals surface area (Å²) in [6.45, 7) is 2.03. The lowest BCUT2D eigenvalue weighted by molar-refractivity contribution is 0.582. The predicted molar refractivity (Wildman–Crippen MR) is 83.9 cm³/mol. The Balaban J connectivity index is 1.73. The average molecular weight is 306 g/mol. The molecule has 4 nitrogen and oxygen atoms in total. The molecule has 0 bridgehead atoms. The Morgan fingerprint density at radius 2 is 1.86 bits per heavy atom. The zero-order valence-corrected chi connectivity index (χ0v) is 12.5. The van der Waals surface area contributed by atoms with Crippen molar-refractivity contribution in [1.82, 2.24) is 15.2 Å². The van der Waals surface area contributed by atoms with Crippen LogP contribution in [0.2, 0.25) is 0 Å². The first kappa shape index (κ1) is 16.0. The van der Waals surface area contributed by atoms with Gasteiger partial charge in [-0.05, 0) is 42.3 Å². The van der Waals surface area contributed by atoms with Gasteiger partial charge in [-0.15, -0.1) is 0 Å². The van der Waals surface area contributed by atoms with Crippen molar-refractivity contribution in [3.05, 3.63) is 59.9 Å². The molecule has 1 aromatic heterocycles. The largest absolute Gasteiger partial charge is 0.356 e. The Morgan fingerprint density at radius 1 is 1.14 bits per heavy atom. The summed E-state index contributed by atoms with van der Waals surface area (Å²) in [5.41, 5.74) is 0.357. The summed E-state index contributed by atoms with van der Waals surface area (Å²) in [4.78, 5) is 4.10. The number of hydrogen-bond donors (Lipinski definition) is 2. The Morgan fingerprint density at radius 3 is 2.59 bits per heavy atom. The second-order valence-corrected chi connectivity index (χ2v) is 4.83. The maximum absolute atomic E-state index is 13.5. The molecule has 1 aromatic carbocycles. The molecule has 118 valence electrons. The van der Waals surface area contributed by atoms with Crippen LogP contribution < -0.4 is 10.6 Å². The lowest BCUT2D eigenvalue weighted by Gasteiger charge is -2.12. The van der Waals surface area contributed by atoms with Crippen LogP contribution in [0.1, 0.15) is 5.56 Å². The van der Waals surface area contributed by atoms with Gasteiger partial charge in [-0.1, -0.05) is 0 Å². The number of aromatic nitrogens is 1. The van der Waals surface area contributed by atoms with Gasteiger partial charge in [0.2, 0.25) is 0 Å². The summed E-state index contributed by atoms with van der Waals surface area (Å²) in [6, 6.07) is 7.43. The topological polar surface area (TPSA) is 41.4 Å². The minimum Gasteiger partial charge on any atom is -0.356 e. The molecule has 0 saturated heterocycles. The van der Waals surface area contributed by atoms with Crippen molar-refractivity contribution in [3.63, 3.8) is 0 Å². The van der Waals surface area contributed by atoms with Crippen LogP contribution in [-0.4, -0.2) is 30.7 Å². The molecule has 0 radical (unpaired) electrons. The monoisotopic (exact) mass is 306 g/mol. The number of guanidine groups is 1. The first-order valence-corrected chi connectivity index (χ1v) is 7.18. The van der Waals surface area contributed by atoms with Crippen LogP contribution in [0.25, 0.3) is 0 Å². The Kier molecular flexibility index (Phi) is 5.94. The van der Waals surface area contributed by atoms with Gasteiger partial charge in [-0.3, -0.25) is 4.99 Å². The van der Waals surface area contributed by atoms with Gasteiger partial charge in [0.15, 0.2) is 5.96 Å². The minimum absolute atomic E-state index is 0.357. The Labute approximate surface area is 128 Å². The van der Waals surface area contributed by atoms with E-state index in [0.717, 1.165) is 25.2 Å². The number of rotatable bonds is 6. The molecule has 6 heteroatoms. The van der Waals surface area contributed by atoms with Crippen molar-refractivity contribution < 1.29 is 8.78 Å². The highest BCUT2D eigenvalue weighted by atomic mass is 19.1. The van der Waals surface area contributed by atoms with E-state index in [4.69, 9.17) is 0 Å². The van der Waals surface area contributed by atoms with Gasteiger partial charge < -0.3 is 15.2 Å². The van der Waals surface area contributed by atoms with Crippen molar-refractivity contribution in [2.75, 3.05) is 20.1 Å². The molecule has 0 aliphatic rings. The number of aliphatic imine (C=N–C) groups is 1. The van der Waals surface area contributed by atoms with E-state index in [2.05, 4.69) is 20.2 Å². The van der Waals surface area contributed by atoms with Gasteiger partial charge in [0.05, 0.1) is 0 Å². The van der Waals surface area contributed by atoms with Crippen LogP contribution in [0, 0.1) is 11.6 Å². The van der Waals surface area contributed by atoms with E-state index in [9.17, 15) is 8.78 Å². The van der Waals surface area contributed by atoms with Crippen LogP contribution >= 0.6 is 0 Å². The third-order valence-electron chi connectivity index (χ3n) is 3.25. The molecule has 1 heterocycles. The fraction of sp³-hybridized carbons (Fsp3) is 0.312. The molecule has 0 unspecified atom stereocenters. The van der Waals surface area contributed by atoms with Gasteiger partial charge in [0.25, 0.3) is 0 Å². The van der Waals surface area contributed by atoms with E-state index < -0.39 is 11.6 Å². The van der Waals surface area contributed by atoms with E-state index in [1.54, 1.807) is 7.05 Å². The van der Waals surface area contributed by atoms with Crippen molar-refractivity contribution in [3.8, 4) is 0 Å². The fourth-order valence-corrected chi connectivity index (χ4v) is 2.09. The van der Waals surface area contributed by atoms with E-state index in [0.29, 0.717) is 24.5 Å². The van der Waals surface area contributed by atoms with Gasteiger partial charge in [0, 0.05) is 39.1 Å². The lowest BCUT2D eigenvalue weighted by Crippen LogP contribution is -2.39. The van der Waals surface area contributed by atoms with Crippen LogP contribution in [0.15, 0.2) is 47.7 Å². The maximum atomic E-state index is 13.5. The molecule has 0 spiro atoms. The zero-order valence-electron chi connectivity index (χ0n) is 12.5. The molecule has 0 aliphatic heterocycles. The van der Waals surface area contributed by atoms with Crippen LogP contribution in [-0.2, 0) is 13.0 Å². The Hall–Kier alpha value is -2.37. The van der Waals surface area contributed by atoms with Crippen molar-refractivity contribution >= 4 is 5.96 Å². The minimum atomic E-state index is -0.425. The first-order valence-electron chi connectivity index (χ1n) is 7.18. The SMILES string of the molecule is CN=C(NCCc1cc(F)ccc1F)NCCn1cccc1. The summed E-state index contributed by atoms with van der Waals surface area (Å²) >= 11 is 0. The highest BCUT2D eigenvalue weighted by Gasteiger charge is 2.04.